The molecule has 0 N–H and O–H groups in total. The highest BCUT2D eigenvalue weighted by Crippen LogP contribution is 2.21. The highest BCUT2D eigenvalue weighted by Gasteiger charge is 2.06. The Kier molecular flexibility index (Phi) is 3.83. The predicted octanol–water partition coefficient (Wildman–Crippen LogP) is 3.50. The van der Waals surface area contributed by atoms with E-state index in [0.29, 0.717) is 6.42 Å². The number of hydrogen-bond donors (Lipinski definition) is 0. The van der Waals surface area contributed by atoms with Crippen LogP contribution >= 0.6 is 11.3 Å². The SMILES string of the molecule is C/C=C/C(=O)Cc1nc(-c2ccccc2)cs1. The predicted molar refractivity (Wildman–Crippen MR) is 71.1 cm³/mol. The van der Waals surface area contributed by atoms with E-state index in [1.165, 1.54) is 11.3 Å². The molecule has 0 bridgehead atoms. The Balaban J connectivity index is 2.14. The van der Waals surface area contributed by atoms with Gasteiger partial charge in [-0.05, 0) is 13.0 Å². The second-order valence-corrected chi connectivity index (χ2v) is 4.58. The van der Waals surface area contributed by atoms with Gasteiger partial charge < -0.3 is 0 Å². The quantitative estimate of drug-likeness (QED) is 0.769. The summed E-state index contributed by atoms with van der Waals surface area (Å²) in [6, 6.07) is 9.99. The number of thiazole rings is 1. The van der Waals surface area contributed by atoms with Gasteiger partial charge in [-0.3, -0.25) is 4.79 Å². The van der Waals surface area contributed by atoms with Gasteiger partial charge in [-0.1, -0.05) is 36.4 Å². The molecule has 2 nitrogen and oxygen atoms in total. The highest BCUT2D eigenvalue weighted by molar-refractivity contribution is 7.10. The van der Waals surface area contributed by atoms with Gasteiger partial charge in [0.2, 0.25) is 0 Å². The van der Waals surface area contributed by atoms with Gasteiger partial charge in [-0.2, -0.15) is 0 Å². The lowest BCUT2D eigenvalue weighted by molar-refractivity contribution is -0.114. The number of nitrogens with zero attached hydrogens (tertiary/aromatic N) is 1. The zero-order valence-corrected chi connectivity index (χ0v) is 10.4. The first-order chi connectivity index (χ1) is 8.29. The van der Waals surface area contributed by atoms with Crippen LogP contribution in [0.15, 0.2) is 47.9 Å². The maximum absolute atomic E-state index is 11.4. The van der Waals surface area contributed by atoms with Crippen molar-refractivity contribution in [2.24, 2.45) is 0 Å². The van der Waals surface area contributed by atoms with Crippen molar-refractivity contribution < 1.29 is 4.79 Å². The standard InChI is InChI=1S/C14H13NOS/c1-2-6-12(16)9-14-15-13(10-17-14)11-7-4-3-5-8-11/h2-8,10H,9H2,1H3/b6-2+. The zero-order chi connectivity index (χ0) is 12.1. The molecule has 0 atom stereocenters. The Morgan fingerprint density at radius 2 is 2.12 bits per heavy atom. The van der Waals surface area contributed by atoms with Crippen LogP contribution in [0.2, 0.25) is 0 Å². The van der Waals surface area contributed by atoms with Crippen molar-refractivity contribution in [3.05, 3.63) is 52.9 Å². The van der Waals surface area contributed by atoms with Gasteiger partial charge in [-0.25, -0.2) is 4.98 Å². The molecule has 86 valence electrons. The molecule has 0 amide bonds. The molecule has 2 rings (SSSR count). The third-order valence-corrected chi connectivity index (χ3v) is 3.15. The summed E-state index contributed by atoms with van der Waals surface area (Å²) in [4.78, 5) is 15.9. The largest absolute Gasteiger partial charge is 0.294 e. The highest BCUT2D eigenvalue weighted by atomic mass is 32.1. The molecule has 0 unspecified atom stereocenters. The Morgan fingerprint density at radius 3 is 2.82 bits per heavy atom. The first-order valence-corrected chi connectivity index (χ1v) is 6.33. The molecule has 17 heavy (non-hydrogen) atoms. The van der Waals surface area contributed by atoms with Crippen molar-refractivity contribution in [1.29, 1.82) is 0 Å². The minimum Gasteiger partial charge on any atom is -0.294 e. The van der Waals surface area contributed by atoms with Crippen LogP contribution < -0.4 is 0 Å². The van der Waals surface area contributed by atoms with E-state index < -0.39 is 0 Å². The molecule has 3 heteroatoms. The summed E-state index contributed by atoms with van der Waals surface area (Å²) in [7, 11) is 0. The van der Waals surface area contributed by atoms with E-state index in [-0.39, 0.29) is 5.78 Å². The summed E-state index contributed by atoms with van der Waals surface area (Å²) in [5.74, 6) is 0.0986. The number of rotatable bonds is 4. The summed E-state index contributed by atoms with van der Waals surface area (Å²) >= 11 is 1.53. The fourth-order valence-electron chi connectivity index (χ4n) is 1.53. The Bertz CT molecular complexity index is 528. The van der Waals surface area contributed by atoms with Crippen molar-refractivity contribution in [2.75, 3.05) is 0 Å². The van der Waals surface area contributed by atoms with E-state index >= 15 is 0 Å². The molecule has 1 aromatic heterocycles. The van der Waals surface area contributed by atoms with Crippen molar-refractivity contribution in [3.8, 4) is 11.3 Å². The Hall–Kier alpha value is -1.74. The molecule has 0 aliphatic heterocycles. The van der Waals surface area contributed by atoms with E-state index in [0.717, 1.165) is 16.3 Å². The molecule has 1 aromatic carbocycles. The second kappa shape index (κ2) is 5.55. The van der Waals surface area contributed by atoms with Gasteiger partial charge in [0.25, 0.3) is 0 Å². The van der Waals surface area contributed by atoms with Crippen molar-refractivity contribution in [2.45, 2.75) is 13.3 Å². The minimum atomic E-state index is 0.0986. The van der Waals surface area contributed by atoms with Crippen molar-refractivity contribution in [3.63, 3.8) is 0 Å². The number of hydrogen-bond acceptors (Lipinski definition) is 3. The zero-order valence-electron chi connectivity index (χ0n) is 9.59. The smallest absolute Gasteiger partial charge is 0.162 e. The summed E-state index contributed by atoms with van der Waals surface area (Å²) in [6.45, 7) is 1.84. The van der Waals surface area contributed by atoms with Gasteiger partial charge in [0.1, 0.15) is 5.01 Å². The summed E-state index contributed by atoms with van der Waals surface area (Å²) < 4.78 is 0. The van der Waals surface area contributed by atoms with E-state index in [1.807, 2.05) is 42.6 Å². The molecule has 0 aliphatic rings. The lowest BCUT2D eigenvalue weighted by atomic mass is 10.2. The number of benzene rings is 1. The third kappa shape index (κ3) is 3.11. The van der Waals surface area contributed by atoms with E-state index in [2.05, 4.69) is 4.98 Å². The molecular formula is C14H13NOS. The average molecular weight is 243 g/mol. The molecule has 2 aromatic rings. The van der Waals surface area contributed by atoms with E-state index in [4.69, 9.17) is 0 Å². The van der Waals surface area contributed by atoms with Gasteiger partial charge >= 0.3 is 0 Å². The Labute approximate surface area is 105 Å². The number of carbonyl (C=O) groups excluding carboxylic acids is 1. The monoisotopic (exact) mass is 243 g/mol. The second-order valence-electron chi connectivity index (χ2n) is 3.64. The lowest BCUT2D eigenvalue weighted by Crippen LogP contribution is -1.97. The van der Waals surface area contributed by atoms with Crippen LogP contribution in [0.1, 0.15) is 11.9 Å². The Morgan fingerprint density at radius 1 is 1.35 bits per heavy atom. The van der Waals surface area contributed by atoms with Gasteiger partial charge in [0, 0.05) is 10.9 Å². The van der Waals surface area contributed by atoms with Gasteiger partial charge in [-0.15, -0.1) is 11.3 Å². The number of ketones is 1. The molecule has 0 fully saturated rings. The molecule has 0 saturated carbocycles. The van der Waals surface area contributed by atoms with Crippen LogP contribution in [0.25, 0.3) is 11.3 Å². The fourth-order valence-corrected chi connectivity index (χ4v) is 2.34. The molecular weight excluding hydrogens is 230 g/mol. The van der Waals surface area contributed by atoms with Crippen LogP contribution in [0, 0.1) is 0 Å². The normalized spacial score (nSPS) is 10.9. The number of aromatic nitrogens is 1. The maximum atomic E-state index is 11.4. The van der Waals surface area contributed by atoms with E-state index in [9.17, 15) is 4.79 Å². The van der Waals surface area contributed by atoms with Crippen molar-refractivity contribution >= 4 is 17.1 Å². The van der Waals surface area contributed by atoms with Gasteiger partial charge in [0.05, 0.1) is 12.1 Å². The third-order valence-electron chi connectivity index (χ3n) is 2.30. The average Bonchev–Trinajstić information content (AvgIpc) is 2.79. The molecule has 1 heterocycles. The van der Waals surface area contributed by atoms with Crippen LogP contribution in [0.4, 0.5) is 0 Å². The summed E-state index contributed by atoms with van der Waals surface area (Å²) in [5.41, 5.74) is 2.03. The molecule has 0 saturated heterocycles. The fraction of sp³-hybridized carbons (Fsp3) is 0.143. The van der Waals surface area contributed by atoms with Crippen LogP contribution in [0.5, 0.6) is 0 Å². The molecule has 0 spiro atoms. The van der Waals surface area contributed by atoms with Crippen LogP contribution in [-0.2, 0) is 11.2 Å². The van der Waals surface area contributed by atoms with Crippen molar-refractivity contribution in [1.82, 2.24) is 4.98 Å². The molecule has 0 radical (unpaired) electrons. The van der Waals surface area contributed by atoms with Gasteiger partial charge in [0.15, 0.2) is 5.78 Å². The van der Waals surface area contributed by atoms with Crippen LogP contribution in [0.3, 0.4) is 0 Å². The lowest BCUT2D eigenvalue weighted by Gasteiger charge is -1.94. The number of allylic oxidation sites excluding steroid dienone is 2. The van der Waals surface area contributed by atoms with Crippen LogP contribution in [-0.4, -0.2) is 10.8 Å². The first kappa shape index (κ1) is 11.7. The molecule has 0 aliphatic carbocycles. The number of carbonyl (C=O) groups is 1. The van der Waals surface area contributed by atoms with E-state index in [1.54, 1.807) is 12.2 Å². The first-order valence-electron chi connectivity index (χ1n) is 5.45. The maximum Gasteiger partial charge on any atom is 0.162 e. The summed E-state index contributed by atoms with van der Waals surface area (Å²) in [6.07, 6.45) is 3.74. The minimum absolute atomic E-state index is 0.0986. The summed E-state index contributed by atoms with van der Waals surface area (Å²) in [5, 5.41) is 2.86. The topological polar surface area (TPSA) is 30.0 Å².